The molecule has 0 radical (unpaired) electrons. The van der Waals surface area contributed by atoms with E-state index in [4.69, 9.17) is 4.55 Å². The summed E-state index contributed by atoms with van der Waals surface area (Å²) in [5, 5.41) is 0. The first-order valence-corrected chi connectivity index (χ1v) is 7.06. The number of nitrogens with one attached hydrogen (secondary N) is 2. The van der Waals surface area contributed by atoms with Gasteiger partial charge in [0.1, 0.15) is 0 Å². The summed E-state index contributed by atoms with van der Waals surface area (Å²) in [6.07, 6.45) is 0. The minimum Gasteiger partial charge on any atom is -0.306 e. The Labute approximate surface area is 112 Å². The second kappa shape index (κ2) is 5.40. The Morgan fingerprint density at radius 1 is 1.00 bits per heavy atom. The average Bonchev–Trinajstić information content (AvgIpc) is 2.38. The van der Waals surface area contributed by atoms with E-state index in [0.29, 0.717) is 5.69 Å². The van der Waals surface area contributed by atoms with Crippen LogP contribution in [0.4, 0.5) is 5.69 Å². The van der Waals surface area contributed by atoms with E-state index in [1.807, 2.05) is 60.3 Å². The van der Waals surface area contributed by atoms with Gasteiger partial charge in [-0.2, -0.15) is 8.42 Å². The Kier molecular flexibility index (Phi) is 3.84. The first-order valence-electron chi connectivity index (χ1n) is 5.62. The Morgan fingerprint density at radius 3 is 2.32 bits per heavy atom. The Hall–Kier alpha value is -1.89. The molecule has 0 heterocycles. The summed E-state index contributed by atoms with van der Waals surface area (Å²) in [6, 6.07) is 15.3. The van der Waals surface area contributed by atoms with E-state index in [-0.39, 0.29) is 0 Å². The fourth-order valence-electron chi connectivity index (χ4n) is 1.69. The van der Waals surface area contributed by atoms with Crippen molar-refractivity contribution >= 4 is 16.0 Å². The molecule has 2 aromatic rings. The molecule has 6 heteroatoms. The van der Waals surface area contributed by atoms with E-state index in [9.17, 15) is 8.42 Å². The van der Waals surface area contributed by atoms with E-state index in [1.165, 1.54) is 0 Å². The monoisotopic (exact) mass is 278 g/mol. The molecule has 0 aliphatic rings. The minimum absolute atomic E-state index is 0.582. The van der Waals surface area contributed by atoms with Gasteiger partial charge in [-0.15, -0.1) is 4.83 Å². The molecule has 0 saturated heterocycles. The number of hydrogen-bond acceptors (Lipinski definition) is 3. The molecule has 0 aliphatic heterocycles. The zero-order valence-corrected chi connectivity index (χ0v) is 11.1. The molecule has 0 bridgehead atoms. The number of aryl methyl sites for hydroxylation is 1. The van der Waals surface area contributed by atoms with Gasteiger partial charge in [-0.25, -0.2) is 0 Å². The summed E-state index contributed by atoms with van der Waals surface area (Å²) < 4.78 is 30.0. The highest BCUT2D eigenvalue weighted by Gasteiger charge is 2.05. The van der Waals surface area contributed by atoms with Crippen molar-refractivity contribution in [3.05, 3.63) is 54.1 Å². The van der Waals surface area contributed by atoms with Crippen molar-refractivity contribution in [2.24, 2.45) is 0 Å². The van der Waals surface area contributed by atoms with Crippen LogP contribution in [-0.4, -0.2) is 13.0 Å². The van der Waals surface area contributed by atoms with Gasteiger partial charge in [0.05, 0.1) is 5.69 Å². The SMILES string of the molecule is Cc1ccc(-c2ccccc2)cc1NNS(=O)(=O)O. The van der Waals surface area contributed by atoms with Gasteiger partial charge in [-0.05, 0) is 29.7 Å². The van der Waals surface area contributed by atoms with Gasteiger partial charge in [0.25, 0.3) is 0 Å². The number of rotatable bonds is 4. The van der Waals surface area contributed by atoms with Crippen molar-refractivity contribution in [2.75, 3.05) is 5.43 Å². The van der Waals surface area contributed by atoms with Gasteiger partial charge < -0.3 is 5.43 Å². The van der Waals surface area contributed by atoms with Gasteiger partial charge in [-0.3, -0.25) is 4.55 Å². The van der Waals surface area contributed by atoms with Crippen LogP contribution in [0.2, 0.25) is 0 Å². The molecule has 100 valence electrons. The van der Waals surface area contributed by atoms with Gasteiger partial charge in [-0.1, -0.05) is 42.5 Å². The largest absolute Gasteiger partial charge is 0.350 e. The van der Waals surface area contributed by atoms with E-state index in [0.717, 1.165) is 16.7 Å². The number of hydrogen-bond donors (Lipinski definition) is 3. The second-order valence-corrected chi connectivity index (χ2v) is 5.25. The molecule has 2 rings (SSSR count). The van der Waals surface area contributed by atoms with Crippen LogP contribution in [0.3, 0.4) is 0 Å². The molecule has 0 fully saturated rings. The maximum atomic E-state index is 10.7. The summed E-state index contributed by atoms with van der Waals surface area (Å²) >= 11 is 0. The highest BCUT2D eigenvalue weighted by atomic mass is 32.2. The van der Waals surface area contributed by atoms with Crippen molar-refractivity contribution < 1.29 is 13.0 Å². The topological polar surface area (TPSA) is 78.4 Å². The van der Waals surface area contributed by atoms with E-state index in [1.54, 1.807) is 0 Å². The predicted molar refractivity (Wildman–Crippen MR) is 74.9 cm³/mol. The maximum Gasteiger partial charge on any atom is 0.350 e. The molecule has 0 unspecified atom stereocenters. The number of hydrazine groups is 1. The van der Waals surface area contributed by atoms with Crippen molar-refractivity contribution in [1.82, 2.24) is 4.83 Å². The van der Waals surface area contributed by atoms with Crippen LogP contribution in [0.25, 0.3) is 11.1 Å². The Morgan fingerprint density at radius 2 is 1.68 bits per heavy atom. The van der Waals surface area contributed by atoms with Crippen LogP contribution in [0, 0.1) is 6.92 Å². The Bertz CT molecular complexity index is 670. The van der Waals surface area contributed by atoms with Gasteiger partial charge in [0, 0.05) is 0 Å². The smallest absolute Gasteiger partial charge is 0.306 e. The molecule has 2 aromatic carbocycles. The van der Waals surface area contributed by atoms with Gasteiger partial charge >= 0.3 is 10.3 Å². The zero-order valence-electron chi connectivity index (χ0n) is 10.3. The zero-order chi connectivity index (χ0) is 13.9. The molecule has 0 atom stereocenters. The summed E-state index contributed by atoms with van der Waals surface area (Å²) in [7, 11) is -4.28. The molecule has 0 aromatic heterocycles. The van der Waals surface area contributed by atoms with Gasteiger partial charge in [0.15, 0.2) is 0 Å². The standard InChI is InChI=1S/C13H14N2O3S/c1-10-7-8-12(11-5-3-2-4-6-11)9-13(10)14-15-19(16,17)18/h2-9,14-15H,1H3,(H,16,17,18). The first-order chi connectivity index (χ1) is 8.96. The summed E-state index contributed by atoms with van der Waals surface area (Å²) in [5.41, 5.74) is 5.89. The van der Waals surface area contributed by atoms with Gasteiger partial charge in [0.2, 0.25) is 0 Å². The van der Waals surface area contributed by atoms with Crippen molar-refractivity contribution in [1.29, 1.82) is 0 Å². The number of anilines is 1. The van der Waals surface area contributed by atoms with E-state index in [2.05, 4.69) is 5.43 Å². The van der Waals surface area contributed by atoms with Crippen LogP contribution < -0.4 is 10.3 Å². The fraction of sp³-hybridized carbons (Fsp3) is 0.0769. The van der Waals surface area contributed by atoms with Crippen LogP contribution in [0.15, 0.2) is 48.5 Å². The van der Waals surface area contributed by atoms with Crippen molar-refractivity contribution in [2.45, 2.75) is 6.92 Å². The lowest BCUT2D eigenvalue weighted by atomic mass is 10.0. The van der Waals surface area contributed by atoms with Crippen LogP contribution >= 0.6 is 0 Å². The molecular weight excluding hydrogens is 264 g/mol. The van der Waals surface area contributed by atoms with Crippen molar-refractivity contribution in [3.8, 4) is 11.1 Å². The lowest BCUT2D eigenvalue weighted by Crippen LogP contribution is -2.28. The quantitative estimate of drug-likeness (QED) is 0.592. The summed E-state index contributed by atoms with van der Waals surface area (Å²) in [4.78, 5) is 1.84. The molecule has 19 heavy (non-hydrogen) atoms. The molecule has 0 saturated carbocycles. The highest BCUT2D eigenvalue weighted by Crippen LogP contribution is 2.24. The third kappa shape index (κ3) is 3.78. The second-order valence-electron chi connectivity index (χ2n) is 4.10. The minimum atomic E-state index is -4.28. The number of benzene rings is 2. The van der Waals surface area contributed by atoms with E-state index >= 15 is 0 Å². The molecule has 0 aliphatic carbocycles. The first kappa shape index (κ1) is 13.5. The summed E-state index contributed by atoms with van der Waals surface area (Å²) in [6.45, 7) is 1.84. The lowest BCUT2D eigenvalue weighted by Gasteiger charge is -2.11. The molecule has 5 nitrogen and oxygen atoms in total. The predicted octanol–water partition coefficient (Wildman–Crippen LogP) is 2.38. The lowest BCUT2D eigenvalue weighted by molar-refractivity contribution is 0.473. The third-order valence-electron chi connectivity index (χ3n) is 2.66. The third-order valence-corrected chi connectivity index (χ3v) is 3.02. The Balaban J connectivity index is 2.30. The molecule has 0 amide bonds. The van der Waals surface area contributed by atoms with Crippen molar-refractivity contribution in [3.63, 3.8) is 0 Å². The normalized spacial score (nSPS) is 11.3. The van der Waals surface area contributed by atoms with Crippen LogP contribution in [0.5, 0.6) is 0 Å². The highest BCUT2D eigenvalue weighted by molar-refractivity contribution is 7.83. The summed E-state index contributed by atoms with van der Waals surface area (Å²) in [5.74, 6) is 0. The molecule has 3 N–H and O–H groups in total. The molecule has 0 spiro atoms. The van der Waals surface area contributed by atoms with Crippen LogP contribution in [0.1, 0.15) is 5.56 Å². The van der Waals surface area contributed by atoms with Crippen LogP contribution in [-0.2, 0) is 10.3 Å². The molecular formula is C13H14N2O3S. The average molecular weight is 278 g/mol. The van der Waals surface area contributed by atoms with E-state index < -0.39 is 10.3 Å². The maximum absolute atomic E-state index is 10.7. The fourth-order valence-corrected chi connectivity index (χ4v) is 1.93.